The SMILES string of the molecule is COCCN(Cc1nc2ccccc2c(=O)[nH]1)C(=O)[C@@H]1COc2ccccc2O1. The maximum absolute atomic E-state index is 13.1. The Labute approximate surface area is 167 Å². The number of hydrogen-bond acceptors (Lipinski definition) is 6. The van der Waals surface area contributed by atoms with Crippen molar-refractivity contribution in [3.05, 3.63) is 64.7 Å². The number of fused-ring (bicyclic) bond motifs is 2. The van der Waals surface area contributed by atoms with Gasteiger partial charge in [0, 0.05) is 13.7 Å². The number of carbonyl (C=O) groups excluding carboxylic acids is 1. The van der Waals surface area contributed by atoms with Crippen LogP contribution in [0.25, 0.3) is 10.9 Å². The van der Waals surface area contributed by atoms with E-state index in [2.05, 4.69) is 9.97 Å². The molecule has 1 atom stereocenters. The molecule has 150 valence electrons. The maximum Gasteiger partial charge on any atom is 0.267 e. The number of hydrogen-bond donors (Lipinski definition) is 1. The number of aromatic amines is 1. The molecule has 3 aromatic rings. The minimum absolute atomic E-state index is 0.112. The van der Waals surface area contributed by atoms with Crippen LogP contribution in [0.2, 0.25) is 0 Å². The van der Waals surface area contributed by atoms with Crippen molar-refractivity contribution in [1.82, 2.24) is 14.9 Å². The summed E-state index contributed by atoms with van der Waals surface area (Å²) in [5.41, 5.74) is 0.340. The second-order valence-corrected chi connectivity index (χ2v) is 6.65. The van der Waals surface area contributed by atoms with Gasteiger partial charge in [-0.25, -0.2) is 4.98 Å². The molecule has 0 saturated heterocycles. The molecule has 2 aromatic carbocycles. The van der Waals surface area contributed by atoms with Crippen LogP contribution in [0.4, 0.5) is 0 Å². The van der Waals surface area contributed by atoms with E-state index in [1.54, 1.807) is 42.3 Å². The monoisotopic (exact) mass is 395 g/mol. The number of para-hydroxylation sites is 3. The lowest BCUT2D eigenvalue weighted by molar-refractivity contribution is -0.142. The molecular formula is C21H21N3O5. The van der Waals surface area contributed by atoms with E-state index in [0.717, 1.165) is 0 Å². The number of carbonyl (C=O) groups is 1. The molecule has 1 aromatic heterocycles. The molecular weight excluding hydrogens is 374 g/mol. The smallest absolute Gasteiger partial charge is 0.267 e. The van der Waals surface area contributed by atoms with Gasteiger partial charge in [0.15, 0.2) is 11.5 Å². The molecule has 8 nitrogen and oxygen atoms in total. The average molecular weight is 395 g/mol. The van der Waals surface area contributed by atoms with Crippen LogP contribution >= 0.6 is 0 Å². The first-order chi connectivity index (χ1) is 14.2. The fourth-order valence-electron chi connectivity index (χ4n) is 3.20. The summed E-state index contributed by atoms with van der Waals surface area (Å²) in [7, 11) is 1.56. The number of methoxy groups -OCH3 is 1. The van der Waals surface area contributed by atoms with Crippen molar-refractivity contribution in [2.24, 2.45) is 0 Å². The quantitative estimate of drug-likeness (QED) is 0.683. The number of aromatic nitrogens is 2. The summed E-state index contributed by atoms with van der Waals surface area (Å²) in [6, 6.07) is 14.3. The first kappa shape index (κ1) is 18.9. The third kappa shape index (κ3) is 4.07. The van der Waals surface area contributed by atoms with E-state index in [1.807, 2.05) is 18.2 Å². The molecule has 29 heavy (non-hydrogen) atoms. The minimum Gasteiger partial charge on any atom is -0.485 e. The Bertz CT molecular complexity index is 1080. The maximum atomic E-state index is 13.1. The Kier molecular flexibility index (Phi) is 5.44. The molecule has 8 heteroatoms. The molecule has 1 aliphatic heterocycles. The molecule has 0 aliphatic carbocycles. The molecule has 4 rings (SSSR count). The van der Waals surface area contributed by atoms with Crippen LogP contribution in [-0.4, -0.2) is 53.7 Å². The number of rotatable bonds is 6. The summed E-state index contributed by atoms with van der Waals surface area (Å²) >= 11 is 0. The van der Waals surface area contributed by atoms with Crippen LogP contribution in [0, 0.1) is 0 Å². The Hall–Kier alpha value is -3.39. The van der Waals surface area contributed by atoms with Gasteiger partial charge in [-0.1, -0.05) is 24.3 Å². The molecule has 0 spiro atoms. The van der Waals surface area contributed by atoms with Gasteiger partial charge in [0.05, 0.1) is 24.1 Å². The highest BCUT2D eigenvalue weighted by Gasteiger charge is 2.31. The zero-order chi connectivity index (χ0) is 20.2. The average Bonchev–Trinajstić information content (AvgIpc) is 2.76. The van der Waals surface area contributed by atoms with Gasteiger partial charge >= 0.3 is 0 Å². The molecule has 0 radical (unpaired) electrons. The van der Waals surface area contributed by atoms with Crippen molar-refractivity contribution in [3.8, 4) is 11.5 Å². The Balaban J connectivity index is 1.56. The highest BCUT2D eigenvalue weighted by atomic mass is 16.6. The van der Waals surface area contributed by atoms with E-state index in [0.29, 0.717) is 41.4 Å². The largest absolute Gasteiger partial charge is 0.485 e. The normalized spacial score (nSPS) is 15.3. The van der Waals surface area contributed by atoms with Gasteiger partial charge in [0.1, 0.15) is 12.4 Å². The zero-order valence-corrected chi connectivity index (χ0v) is 16.0. The van der Waals surface area contributed by atoms with Crippen LogP contribution in [0.15, 0.2) is 53.3 Å². The minimum atomic E-state index is -0.783. The molecule has 1 aliphatic rings. The Morgan fingerprint density at radius 3 is 2.79 bits per heavy atom. The van der Waals surface area contributed by atoms with Gasteiger partial charge in [0.2, 0.25) is 6.10 Å². The second kappa shape index (κ2) is 8.32. The van der Waals surface area contributed by atoms with Crippen LogP contribution in [0.1, 0.15) is 5.82 Å². The fourth-order valence-corrected chi connectivity index (χ4v) is 3.20. The summed E-state index contributed by atoms with van der Waals surface area (Å²) in [5.74, 6) is 1.28. The van der Waals surface area contributed by atoms with E-state index in [9.17, 15) is 9.59 Å². The van der Waals surface area contributed by atoms with Crippen LogP contribution in [-0.2, 0) is 16.1 Å². The van der Waals surface area contributed by atoms with Crippen molar-refractivity contribution >= 4 is 16.8 Å². The molecule has 2 heterocycles. The molecule has 1 amide bonds. The van der Waals surface area contributed by atoms with Crippen molar-refractivity contribution in [2.45, 2.75) is 12.6 Å². The number of H-pyrrole nitrogens is 1. The summed E-state index contributed by atoms with van der Waals surface area (Å²) in [6.45, 7) is 0.909. The predicted molar refractivity (Wildman–Crippen MR) is 106 cm³/mol. The van der Waals surface area contributed by atoms with E-state index >= 15 is 0 Å². The first-order valence-corrected chi connectivity index (χ1v) is 9.30. The second-order valence-electron chi connectivity index (χ2n) is 6.65. The third-order valence-electron chi connectivity index (χ3n) is 4.66. The molecule has 0 fully saturated rings. The topological polar surface area (TPSA) is 93.8 Å². The van der Waals surface area contributed by atoms with Crippen LogP contribution in [0.5, 0.6) is 11.5 Å². The lowest BCUT2D eigenvalue weighted by atomic mass is 10.2. The van der Waals surface area contributed by atoms with Gasteiger partial charge in [-0.05, 0) is 24.3 Å². The Morgan fingerprint density at radius 2 is 1.97 bits per heavy atom. The highest BCUT2D eigenvalue weighted by Crippen LogP contribution is 2.31. The predicted octanol–water partition coefficient (Wildman–Crippen LogP) is 1.74. The van der Waals surface area contributed by atoms with E-state index < -0.39 is 6.10 Å². The van der Waals surface area contributed by atoms with Gasteiger partial charge in [-0.15, -0.1) is 0 Å². The van der Waals surface area contributed by atoms with E-state index in [4.69, 9.17) is 14.2 Å². The van der Waals surface area contributed by atoms with Crippen molar-refractivity contribution in [2.75, 3.05) is 26.9 Å². The fraction of sp³-hybridized carbons (Fsp3) is 0.286. The van der Waals surface area contributed by atoms with Crippen molar-refractivity contribution in [3.63, 3.8) is 0 Å². The van der Waals surface area contributed by atoms with Gasteiger partial charge < -0.3 is 24.1 Å². The van der Waals surface area contributed by atoms with Crippen molar-refractivity contribution in [1.29, 1.82) is 0 Å². The molecule has 0 unspecified atom stereocenters. The summed E-state index contributed by atoms with van der Waals surface area (Å²) < 4.78 is 16.6. The van der Waals surface area contributed by atoms with Gasteiger partial charge in [-0.2, -0.15) is 0 Å². The highest BCUT2D eigenvalue weighted by molar-refractivity contribution is 5.82. The number of nitrogens with zero attached hydrogens (tertiary/aromatic N) is 2. The zero-order valence-electron chi connectivity index (χ0n) is 16.0. The summed E-state index contributed by atoms with van der Waals surface area (Å²) in [4.78, 5) is 34.2. The summed E-state index contributed by atoms with van der Waals surface area (Å²) in [6.07, 6.45) is -0.783. The van der Waals surface area contributed by atoms with Gasteiger partial charge in [0.25, 0.3) is 11.5 Å². The Morgan fingerprint density at radius 1 is 1.21 bits per heavy atom. The van der Waals surface area contributed by atoms with Crippen LogP contribution < -0.4 is 15.0 Å². The third-order valence-corrected chi connectivity index (χ3v) is 4.66. The van der Waals surface area contributed by atoms with Crippen molar-refractivity contribution < 1.29 is 19.0 Å². The number of ether oxygens (including phenoxy) is 3. The van der Waals surface area contributed by atoms with E-state index in [-0.39, 0.29) is 24.6 Å². The molecule has 0 saturated carbocycles. The first-order valence-electron chi connectivity index (χ1n) is 9.30. The molecule has 0 bridgehead atoms. The lowest BCUT2D eigenvalue weighted by Gasteiger charge is -2.30. The standard InChI is InChI=1S/C21H21N3O5/c1-27-11-10-24(12-19-22-15-7-3-2-6-14(15)20(25)23-19)21(26)18-13-28-16-8-4-5-9-17(16)29-18/h2-9,18H,10-13H2,1H3,(H,22,23,25)/t18-/m0/s1. The summed E-state index contributed by atoms with van der Waals surface area (Å²) in [5, 5.41) is 0.506. The van der Waals surface area contributed by atoms with Gasteiger partial charge in [-0.3, -0.25) is 9.59 Å². The van der Waals surface area contributed by atoms with E-state index in [1.165, 1.54) is 0 Å². The number of nitrogens with one attached hydrogen (secondary N) is 1. The number of benzene rings is 2. The molecule has 1 N–H and O–H groups in total. The van der Waals surface area contributed by atoms with Crippen LogP contribution in [0.3, 0.4) is 0 Å². The lowest BCUT2D eigenvalue weighted by Crippen LogP contribution is -2.47. The number of amides is 1.